The molecule has 2 aromatic rings. The van der Waals surface area contributed by atoms with Crippen LogP contribution in [0.15, 0.2) is 42.5 Å². The molecule has 0 spiro atoms. The average Bonchev–Trinajstić information content (AvgIpc) is 2.46. The van der Waals surface area contributed by atoms with Gasteiger partial charge in [0.1, 0.15) is 5.60 Å². The minimum atomic E-state index is -0.498. The van der Waals surface area contributed by atoms with Crippen LogP contribution in [0.2, 0.25) is 0 Å². The van der Waals surface area contributed by atoms with Gasteiger partial charge in [-0.3, -0.25) is 0 Å². The molecule has 0 unspecified atom stereocenters. The smallest absolute Gasteiger partial charge is 0.338 e. The summed E-state index contributed by atoms with van der Waals surface area (Å²) in [5.41, 5.74) is 4.11. The lowest BCUT2D eigenvalue weighted by Crippen LogP contribution is -2.23. The van der Waals surface area contributed by atoms with E-state index in [4.69, 9.17) is 4.74 Å². The van der Waals surface area contributed by atoms with E-state index in [0.717, 1.165) is 22.3 Å². The van der Waals surface area contributed by atoms with Gasteiger partial charge in [-0.1, -0.05) is 24.3 Å². The van der Waals surface area contributed by atoms with Crippen LogP contribution in [0.25, 0.3) is 11.1 Å². The second-order valence-electron chi connectivity index (χ2n) is 6.39. The van der Waals surface area contributed by atoms with Crippen LogP contribution < -0.4 is 0 Å². The predicted molar refractivity (Wildman–Crippen MR) is 87.7 cm³/mol. The molecule has 0 aliphatic heterocycles. The fraction of sp³-hybridized carbons (Fsp3) is 0.316. The SMILES string of the molecule is Cc1ccc(CO)cc1-c1ccc(C(=O)OC(C)(C)C)cc1. The molecule has 0 fully saturated rings. The Balaban J connectivity index is 2.27. The summed E-state index contributed by atoms with van der Waals surface area (Å²) in [6.45, 7) is 7.59. The van der Waals surface area contributed by atoms with Crippen molar-refractivity contribution < 1.29 is 14.6 Å². The molecular weight excluding hydrogens is 276 g/mol. The number of hydrogen-bond donors (Lipinski definition) is 1. The van der Waals surface area contributed by atoms with Crippen LogP contribution in [0, 0.1) is 6.92 Å². The van der Waals surface area contributed by atoms with E-state index in [-0.39, 0.29) is 12.6 Å². The third-order valence-corrected chi connectivity index (χ3v) is 3.32. The quantitative estimate of drug-likeness (QED) is 0.867. The molecule has 116 valence electrons. The summed E-state index contributed by atoms with van der Waals surface area (Å²) in [7, 11) is 0. The first-order valence-corrected chi connectivity index (χ1v) is 7.34. The Morgan fingerprint density at radius 3 is 2.27 bits per heavy atom. The van der Waals surface area contributed by atoms with Crippen LogP contribution in [-0.4, -0.2) is 16.7 Å². The minimum Gasteiger partial charge on any atom is -0.456 e. The van der Waals surface area contributed by atoms with Crippen molar-refractivity contribution in [3.63, 3.8) is 0 Å². The maximum absolute atomic E-state index is 12.0. The summed E-state index contributed by atoms with van der Waals surface area (Å²) in [5.74, 6) is -0.320. The Morgan fingerprint density at radius 2 is 1.73 bits per heavy atom. The van der Waals surface area contributed by atoms with Crippen LogP contribution in [0.1, 0.15) is 42.3 Å². The van der Waals surface area contributed by atoms with Crippen LogP contribution in [0.5, 0.6) is 0 Å². The van der Waals surface area contributed by atoms with E-state index in [0.29, 0.717) is 5.56 Å². The van der Waals surface area contributed by atoms with Crippen molar-refractivity contribution in [2.45, 2.75) is 39.9 Å². The van der Waals surface area contributed by atoms with E-state index < -0.39 is 5.60 Å². The Bertz CT molecular complexity index is 664. The fourth-order valence-electron chi connectivity index (χ4n) is 2.20. The van der Waals surface area contributed by atoms with Crippen molar-refractivity contribution >= 4 is 5.97 Å². The zero-order valence-electron chi connectivity index (χ0n) is 13.5. The van der Waals surface area contributed by atoms with Crippen LogP contribution in [0.3, 0.4) is 0 Å². The van der Waals surface area contributed by atoms with Crippen LogP contribution in [0.4, 0.5) is 0 Å². The van der Waals surface area contributed by atoms with Crippen molar-refractivity contribution in [3.8, 4) is 11.1 Å². The monoisotopic (exact) mass is 298 g/mol. The Kier molecular flexibility index (Phi) is 4.67. The number of carbonyl (C=O) groups excluding carboxylic acids is 1. The van der Waals surface area contributed by atoms with E-state index in [1.165, 1.54) is 0 Å². The summed E-state index contributed by atoms with van der Waals surface area (Å²) in [4.78, 5) is 12.0. The van der Waals surface area contributed by atoms with Gasteiger partial charge in [0.15, 0.2) is 0 Å². The number of aryl methyl sites for hydroxylation is 1. The van der Waals surface area contributed by atoms with E-state index in [2.05, 4.69) is 0 Å². The number of rotatable bonds is 3. The minimum absolute atomic E-state index is 0.0171. The third-order valence-electron chi connectivity index (χ3n) is 3.32. The van der Waals surface area contributed by atoms with E-state index in [9.17, 15) is 9.90 Å². The molecule has 0 saturated carbocycles. The van der Waals surface area contributed by atoms with Crippen molar-refractivity contribution in [1.29, 1.82) is 0 Å². The first-order chi connectivity index (χ1) is 10.3. The third kappa shape index (κ3) is 3.95. The molecule has 3 heteroatoms. The Labute approximate surface area is 131 Å². The summed E-state index contributed by atoms with van der Waals surface area (Å²) < 4.78 is 5.36. The molecule has 1 N–H and O–H groups in total. The van der Waals surface area contributed by atoms with Gasteiger partial charge in [-0.15, -0.1) is 0 Å². The van der Waals surface area contributed by atoms with Gasteiger partial charge in [0.25, 0.3) is 0 Å². The molecular formula is C19H22O3. The molecule has 0 aromatic heterocycles. The second kappa shape index (κ2) is 6.32. The van der Waals surface area contributed by atoms with Gasteiger partial charge in [0, 0.05) is 0 Å². The molecule has 0 aliphatic rings. The molecule has 0 heterocycles. The van der Waals surface area contributed by atoms with Gasteiger partial charge in [-0.25, -0.2) is 4.79 Å². The van der Waals surface area contributed by atoms with Gasteiger partial charge >= 0.3 is 5.97 Å². The number of aliphatic hydroxyl groups is 1. The van der Waals surface area contributed by atoms with Crippen molar-refractivity contribution in [2.24, 2.45) is 0 Å². The molecule has 0 saturated heterocycles. The molecule has 0 amide bonds. The highest BCUT2D eigenvalue weighted by atomic mass is 16.6. The van der Waals surface area contributed by atoms with E-state index in [1.807, 2.05) is 58.0 Å². The number of carbonyl (C=O) groups is 1. The van der Waals surface area contributed by atoms with Crippen LogP contribution >= 0.6 is 0 Å². The van der Waals surface area contributed by atoms with Gasteiger partial charge < -0.3 is 9.84 Å². The maximum Gasteiger partial charge on any atom is 0.338 e. The zero-order chi connectivity index (χ0) is 16.3. The number of hydrogen-bond acceptors (Lipinski definition) is 3. The highest BCUT2D eigenvalue weighted by Gasteiger charge is 2.17. The molecule has 2 rings (SSSR count). The van der Waals surface area contributed by atoms with Gasteiger partial charge in [0.2, 0.25) is 0 Å². The van der Waals surface area contributed by atoms with Crippen molar-refractivity contribution in [2.75, 3.05) is 0 Å². The first kappa shape index (κ1) is 16.2. The standard InChI is InChI=1S/C19H22O3/c1-13-5-6-14(12-20)11-17(13)15-7-9-16(10-8-15)18(21)22-19(2,3)4/h5-11,20H,12H2,1-4H3. The highest BCUT2D eigenvalue weighted by molar-refractivity contribution is 5.90. The number of esters is 1. The largest absolute Gasteiger partial charge is 0.456 e. The number of aliphatic hydroxyl groups excluding tert-OH is 1. The predicted octanol–water partition coefficient (Wildman–Crippen LogP) is 4.11. The number of ether oxygens (including phenoxy) is 1. The van der Waals surface area contributed by atoms with E-state index >= 15 is 0 Å². The lowest BCUT2D eigenvalue weighted by Gasteiger charge is -2.19. The molecule has 3 nitrogen and oxygen atoms in total. The lowest BCUT2D eigenvalue weighted by atomic mass is 9.97. The number of benzene rings is 2. The van der Waals surface area contributed by atoms with Gasteiger partial charge in [-0.05, 0) is 68.1 Å². The average molecular weight is 298 g/mol. The molecule has 2 aromatic carbocycles. The summed E-state index contributed by atoms with van der Waals surface area (Å²) in [6.07, 6.45) is 0. The normalized spacial score (nSPS) is 11.3. The highest BCUT2D eigenvalue weighted by Crippen LogP contribution is 2.25. The molecule has 0 atom stereocenters. The summed E-state index contributed by atoms with van der Waals surface area (Å²) >= 11 is 0. The maximum atomic E-state index is 12.0. The van der Waals surface area contributed by atoms with E-state index in [1.54, 1.807) is 12.1 Å². The first-order valence-electron chi connectivity index (χ1n) is 7.34. The zero-order valence-corrected chi connectivity index (χ0v) is 13.5. The fourth-order valence-corrected chi connectivity index (χ4v) is 2.20. The summed E-state index contributed by atoms with van der Waals surface area (Å²) in [5, 5.41) is 9.26. The molecule has 0 radical (unpaired) electrons. The molecule has 0 aliphatic carbocycles. The van der Waals surface area contributed by atoms with Crippen molar-refractivity contribution in [3.05, 3.63) is 59.2 Å². The van der Waals surface area contributed by atoms with Gasteiger partial charge in [0.05, 0.1) is 12.2 Å². The topological polar surface area (TPSA) is 46.5 Å². The molecule has 0 bridgehead atoms. The Morgan fingerprint density at radius 1 is 1.09 bits per heavy atom. The van der Waals surface area contributed by atoms with Gasteiger partial charge in [-0.2, -0.15) is 0 Å². The summed E-state index contributed by atoms with van der Waals surface area (Å²) in [6, 6.07) is 13.2. The second-order valence-corrected chi connectivity index (χ2v) is 6.39. The Hall–Kier alpha value is -2.13. The van der Waals surface area contributed by atoms with Crippen LogP contribution in [-0.2, 0) is 11.3 Å². The lowest BCUT2D eigenvalue weighted by molar-refractivity contribution is 0.00696. The van der Waals surface area contributed by atoms with Crippen molar-refractivity contribution in [1.82, 2.24) is 0 Å². The molecule has 22 heavy (non-hydrogen) atoms.